The molecule has 0 aliphatic rings. The second-order valence-corrected chi connectivity index (χ2v) is 4.49. The second-order valence-electron chi connectivity index (χ2n) is 4.11. The number of nitrogens with one attached hydrogen (secondary N) is 1. The van der Waals surface area contributed by atoms with Crippen LogP contribution in [0.2, 0.25) is 5.02 Å². The molecule has 5 heteroatoms. The first-order chi connectivity index (χ1) is 7.95. The van der Waals surface area contributed by atoms with E-state index in [4.69, 9.17) is 17.3 Å². The highest BCUT2D eigenvalue weighted by Gasteiger charge is 2.18. The molecule has 0 spiro atoms. The van der Waals surface area contributed by atoms with Crippen LogP contribution in [0, 0.1) is 20.8 Å². The predicted molar refractivity (Wildman–Crippen MR) is 69.3 cm³/mol. The maximum Gasteiger partial charge on any atom is 0.137 e. The van der Waals surface area contributed by atoms with E-state index in [0.717, 1.165) is 27.8 Å². The molecule has 0 unspecified atom stereocenters. The van der Waals surface area contributed by atoms with Crippen LogP contribution in [-0.4, -0.2) is 15.3 Å². The number of hydrogen-bond donors (Lipinski definition) is 3. The van der Waals surface area contributed by atoms with Crippen LogP contribution in [0.5, 0.6) is 5.75 Å². The van der Waals surface area contributed by atoms with Gasteiger partial charge in [0.1, 0.15) is 11.6 Å². The average molecular weight is 252 g/mol. The molecule has 0 fully saturated rings. The molecule has 4 N–H and O–H groups in total. The fourth-order valence-electron chi connectivity index (χ4n) is 2.00. The van der Waals surface area contributed by atoms with E-state index >= 15 is 0 Å². The van der Waals surface area contributed by atoms with E-state index in [1.54, 1.807) is 6.20 Å². The molecule has 0 saturated carbocycles. The van der Waals surface area contributed by atoms with Gasteiger partial charge in [0.2, 0.25) is 0 Å². The summed E-state index contributed by atoms with van der Waals surface area (Å²) in [5, 5.41) is 16.8. The topological polar surface area (TPSA) is 74.9 Å². The molecule has 0 amide bonds. The Kier molecular flexibility index (Phi) is 2.75. The van der Waals surface area contributed by atoms with Gasteiger partial charge in [0, 0.05) is 5.56 Å². The third-order valence-corrected chi connectivity index (χ3v) is 3.61. The molecule has 1 heterocycles. The Bertz CT molecular complexity index is 561. The lowest BCUT2D eigenvalue weighted by Gasteiger charge is -2.15. The smallest absolute Gasteiger partial charge is 0.137 e. The fraction of sp³-hybridized carbons (Fsp3) is 0.250. The highest BCUT2D eigenvalue weighted by Crippen LogP contribution is 2.41. The van der Waals surface area contributed by atoms with Crippen molar-refractivity contribution >= 4 is 17.4 Å². The Morgan fingerprint density at radius 1 is 1.24 bits per heavy atom. The van der Waals surface area contributed by atoms with Gasteiger partial charge in [-0.05, 0) is 43.0 Å². The predicted octanol–water partition coefficient (Wildman–Crippen LogP) is 2.94. The molecule has 90 valence electrons. The standard InChI is InChI=1S/C12H14ClN3O/c1-5-6(2)11(17)10(13)7(3)9(5)8-4-15-16-12(8)14/h4,17H,1-3H3,(H3,14,15,16). The quantitative estimate of drug-likeness (QED) is 0.729. The molecule has 1 aromatic heterocycles. The van der Waals surface area contributed by atoms with Crippen molar-refractivity contribution in [3.8, 4) is 16.9 Å². The first-order valence-corrected chi connectivity index (χ1v) is 5.60. The van der Waals surface area contributed by atoms with Crippen LogP contribution < -0.4 is 5.73 Å². The van der Waals surface area contributed by atoms with E-state index < -0.39 is 0 Å². The van der Waals surface area contributed by atoms with Crippen LogP contribution in [0.15, 0.2) is 6.20 Å². The SMILES string of the molecule is Cc1c(C)c(-c2cn[nH]c2N)c(C)c(Cl)c1O. The number of rotatable bonds is 1. The van der Waals surface area contributed by atoms with Crippen LogP contribution in [0.3, 0.4) is 0 Å². The average Bonchev–Trinajstić information content (AvgIpc) is 2.71. The molecule has 0 aliphatic heterocycles. The molecule has 2 aromatic rings. The molecule has 4 nitrogen and oxygen atoms in total. The van der Waals surface area contributed by atoms with E-state index in [1.807, 2.05) is 20.8 Å². The Morgan fingerprint density at radius 3 is 2.41 bits per heavy atom. The second kappa shape index (κ2) is 3.96. The summed E-state index contributed by atoms with van der Waals surface area (Å²) in [7, 11) is 0. The maximum absolute atomic E-state index is 9.87. The van der Waals surface area contributed by atoms with Crippen molar-refractivity contribution in [2.24, 2.45) is 0 Å². The summed E-state index contributed by atoms with van der Waals surface area (Å²) in [6.07, 6.45) is 1.66. The monoisotopic (exact) mass is 251 g/mol. The van der Waals surface area contributed by atoms with Gasteiger partial charge in [-0.1, -0.05) is 11.6 Å². The minimum Gasteiger partial charge on any atom is -0.506 e. The van der Waals surface area contributed by atoms with Crippen LogP contribution in [0.1, 0.15) is 16.7 Å². The number of nitrogens with two attached hydrogens (primary N) is 1. The fourth-order valence-corrected chi connectivity index (χ4v) is 2.23. The number of H-pyrrole nitrogens is 1. The number of phenolic OH excluding ortho intramolecular Hbond substituents is 1. The lowest BCUT2D eigenvalue weighted by atomic mass is 9.93. The zero-order valence-electron chi connectivity index (χ0n) is 9.93. The van der Waals surface area contributed by atoms with Gasteiger partial charge < -0.3 is 10.8 Å². The minimum atomic E-state index is 0.132. The number of nitrogen functional groups attached to an aromatic ring is 1. The zero-order valence-corrected chi connectivity index (χ0v) is 10.7. The van der Waals surface area contributed by atoms with Crippen molar-refractivity contribution in [2.75, 3.05) is 5.73 Å². The van der Waals surface area contributed by atoms with Crippen LogP contribution in [-0.2, 0) is 0 Å². The van der Waals surface area contributed by atoms with E-state index in [0.29, 0.717) is 10.8 Å². The molecule has 0 atom stereocenters. The molecular weight excluding hydrogens is 238 g/mol. The summed E-state index contributed by atoms with van der Waals surface area (Å²) in [6.45, 7) is 5.62. The Hall–Kier alpha value is -1.68. The summed E-state index contributed by atoms with van der Waals surface area (Å²) >= 11 is 6.11. The van der Waals surface area contributed by atoms with Crippen LogP contribution in [0.25, 0.3) is 11.1 Å². The van der Waals surface area contributed by atoms with Crippen molar-refractivity contribution in [3.63, 3.8) is 0 Å². The lowest BCUT2D eigenvalue weighted by molar-refractivity contribution is 0.470. The van der Waals surface area contributed by atoms with Crippen molar-refractivity contribution in [1.29, 1.82) is 0 Å². The summed E-state index contributed by atoms with van der Waals surface area (Å²) in [5.74, 6) is 0.629. The van der Waals surface area contributed by atoms with Gasteiger partial charge in [0.15, 0.2) is 0 Å². The highest BCUT2D eigenvalue weighted by molar-refractivity contribution is 6.33. The Morgan fingerprint density at radius 2 is 1.88 bits per heavy atom. The molecule has 1 aromatic carbocycles. The highest BCUT2D eigenvalue weighted by atomic mass is 35.5. The van der Waals surface area contributed by atoms with Gasteiger partial charge in [0.25, 0.3) is 0 Å². The molecular formula is C12H14ClN3O. The van der Waals surface area contributed by atoms with Gasteiger partial charge in [-0.3, -0.25) is 5.10 Å². The molecule has 2 rings (SSSR count). The number of aromatic amines is 1. The molecule has 0 saturated heterocycles. The largest absolute Gasteiger partial charge is 0.506 e. The van der Waals surface area contributed by atoms with Crippen LogP contribution >= 0.6 is 11.6 Å². The summed E-state index contributed by atoms with van der Waals surface area (Å²) in [4.78, 5) is 0. The van der Waals surface area contributed by atoms with E-state index in [2.05, 4.69) is 10.2 Å². The summed E-state index contributed by atoms with van der Waals surface area (Å²) in [6, 6.07) is 0. The van der Waals surface area contributed by atoms with Gasteiger partial charge in [-0.2, -0.15) is 5.10 Å². The van der Waals surface area contributed by atoms with E-state index in [-0.39, 0.29) is 5.75 Å². The van der Waals surface area contributed by atoms with Gasteiger partial charge in [-0.25, -0.2) is 0 Å². The number of benzene rings is 1. The molecule has 0 radical (unpaired) electrons. The molecule has 0 bridgehead atoms. The number of nitrogens with zero attached hydrogens (tertiary/aromatic N) is 1. The van der Waals surface area contributed by atoms with Gasteiger partial charge in [-0.15, -0.1) is 0 Å². The van der Waals surface area contributed by atoms with Crippen LogP contribution in [0.4, 0.5) is 5.82 Å². The zero-order chi connectivity index (χ0) is 12.7. The number of anilines is 1. The molecule has 17 heavy (non-hydrogen) atoms. The number of halogens is 1. The summed E-state index contributed by atoms with van der Waals surface area (Å²) in [5.41, 5.74) is 10.1. The third-order valence-electron chi connectivity index (χ3n) is 3.14. The lowest BCUT2D eigenvalue weighted by Crippen LogP contribution is -1.96. The van der Waals surface area contributed by atoms with E-state index in [9.17, 15) is 5.11 Å². The number of hydrogen-bond acceptors (Lipinski definition) is 3. The maximum atomic E-state index is 9.87. The van der Waals surface area contributed by atoms with Crippen molar-refractivity contribution in [2.45, 2.75) is 20.8 Å². The first-order valence-electron chi connectivity index (χ1n) is 5.22. The summed E-state index contributed by atoms with van der Waals surface area (Å²) < 4.78 is 0. The normalized spacial score (nSPS) is 10.8. The van der Waals surface area contributed by atoms with Gasteiger partial charge in [0.05, 0.1) is 11.2 Å². The third kappa shape index (κ3) is 1.65. The Balaban J connectivity index is 2.84. The van der Waals surface area contributed by atoms with E-state index in [1.165, 1.54) is 0 Å². The van der Waals surface area contributed by atoms with Crippen molar-refractivity contribution in [3.05, 3.63) is 27.9 Å². The van der Waals surface area contributed by atoms with Gasteiger partial charge >= 0.3 is 0 Å². The Labute approximate surface area is 104 Å². The number of phenols is 1. The van der Waals surface area contributed by atoms with Crippen molar-refractivity contribution < 1.29 is 5.11 Å². The number of aromatic hydroxyl groups is 1. The minimum absolute atomic E-state index is 0.132. The first kappa shape index (κ1) is 11.8. The van der Waals surface area contributed by atoms with Crippen molar-refractivity contribution in [1.82, 2.24) is 10.2 Å². The molecule has 0 aliphatic carbocycles. The number of aromatic nitrogens is 2.